The zero-order valence-corrected chi connectivity index (χ0v) is 16.5. The highest BCUT2D eigenvalue weighted by Gasteiger charge is 2.16. The molecule has 2 aromatic carbocycles. The number of aromatic nitrogens is 2. The van der Waals surface area contributed by atoms with E-state index in [2.05, 4.69) is 6.92 Å². The molecule has 0 aliphatic rings. The van der Waals surface area contributed by atoms with E-state index in [-0.39, 0.29) is 5.91 Å². The number of para-hydroxylation sites is 1. The van der Waals surface area contributed by atoms with Crippen molar-refractivity contribution in [3.63, 3.8) is 0 Å². The number of halogens is 1. The van der Waals surface area contributed by atoms with Gasteiger partial charge in [0.2, 0.25) is 5.91 Å². The Morgan fingerprint density at radius 3 is 2.48 bits per heavy atom. The van der Waals surface area contributed by atoms with Crippen LogP contribution < -0.4 is 0 Å². The average Bonchev–Trinajstić information content (AvgIpc) is 3.11. The molecule has 0 aliphatic carbocycles. The first-order chi connectivity index (χ1) is 13.1. The Morgan fingerprint density at radius 2 is 1.81 bits per heavy atom. The topological polar surface area (TPSA) is 38.1 Å². The third kappa shape index (κ3) is 4.77. The smallest absolute Gasteiger partial charge is 0.222 e. The van der Waals surface area contributed by atoms with E-state index < -0.39 is 0 Å². The van der Waals surface area contributed by atoms with Gasteiger partial charge in [0, 0.05) is 42.4 Å². The zero-order valence-electron chi connectivity index (χ0n) is 15.7. The molecule has 27 heavy (non-hydrogen) atoms. The first-order valence-corrected chi connectivity index (χ1v) is 9.60. The summed E-state index contributed by atoms with van der Waals surface area (Å²) in [6, 6.07) is 17.6. The van der Waals surface area contributed by atoms with Crippen LogP contribution in [0.1, 0.15) is 31.7 Å². The molecular formula is C22H24ClN3O. The van der Waals surface area contributed by atoms with Gasteiger partial charge in [0.25, 0.3) is 0 Å². The molecule has 0 aliphatic heterocycles. The third-order valence-corrected chi connectivity index (χ3v) is 4.76. The van der Waals surface area contributed by atoms with E-state index in [1.54, 1.807) is 4.90 Å². The van der Waals surface area contributed by atoms with Crippen LogP contribution in [0, 0.1) is 0 Å². The first-order valence-electron chi connectivity index (χ1n) is 9.22. The van der Waals surface area contributed by atoms with Crippen molar-refractivity contribution in [1.29, 1.82) is 0 Å². The van der Waals surface area contributed by atoms with Gasteiger partial charge >= 0.3 is 0 Å². The van der Waals surface area contributed by atoms with Crippen LogP contribution in [0.2, 0.25) is 5.02 Å². The lowest BCUT2D eigenvalue weighted by Crippen LogP contribution is -2.25. The lowest BCUT2D eigenvalue weighted by Gasteiger charge is -2.17. The summed E-state index contributed by atoms with van der Waals surface area (Å²) in [5, 5.41) is 5.48. The van der Waals surface area contributed by atoms with E-state index in [0.29, 0.717) is 18.0 Å². The predicted octanol–water partition coefficient (Wildman–Crippen LogP) is 5.34. The maximum absolute atomic E-state index is 12.4. The molecule has 0 saturated heterocycles. The molecule has 3 rings (SSSR count). The first kappa shape index (κ1) is 19.2. The van der Waals surface area contributed by atoms with Crippen LogP contribution in [0.15, 0.2) is 60.8 Å². The highest BCUT2D eigenvalue weighted by atomic mass is 35.5. The fourth-order valence-corrected chi connectivity index (χ4v) is 3.08. The minimum Gasteiger partial charge on any atom is -0.341 e. The molecule has 0 N–H and O–H groups in total. The summed E-state index contributed by atoms with van der Waals surface area (Å²) in [6.07, 6.45) is 4.51. The van der Waals surface area contributed by atoms with E-state index in [4.69, 9.17) is 16.7 Å². The molecule has 0 radical (unpaired) electrons. The number of hydrogen-bond acceptors (Lipinski definition) is 2. The molecule has 0 fully saturated rings. The molecule has 0 spiro atoms. The monoisotopic (exact) mass is 381 g/mol. The number of amides is 1. The predicted molar refractivity (Wildman–Crippen MR) is 110 cm³/mol. The average molecular weight is 382 g/mol. The van der Waals surface area contributed by atoms with Crippen LogP contribution in [-0.2, 0) is 11.3 Å². The van der Waals surface area contributed by atoms with Crippen LogP contribution in [0.3, 0.4) is 0 Å². The van der Waals surface area contributed by atoms with Gasteiger partial charge in [-0.1, -0.05) is 55.3 Å². The number of unbranched alkanes of at least 4 members (excludes halogenated alkanes) is 1. The maximum Gasteiger partial charge on any atom is 0.222 e. The van der Waals surface area contributed by atoms with Gasteiger partial charge in [0.15, 0.2) is 0 Å². The fraction of sp³-hybridized carbons (Fsp3) is 0.273. The van der Waals surface area contributed by atoms with Gasteiger partial charge in [-0.25, -0.2) is 4.68 Å². The van der Waals surface area contributed by atoms with Gasteiger partial charge in [0.05, 0.1) is 11.4 Å². The van der Waals surface area contributed by atoms with Crippen molar-refractivity contribution in [2.75, 3.05) is 7.05 Å². The number of carbonyl (C=O) groups excluding carboxylic acids is 1. The van der Waals surface area contributed by atoms with Gasteiger partial charge < -0.3 is 4.90 Å². The van der Waals surface area contributed by atoms with E-state index in [9.17, 15) is 4.79 Å². The summed E-state index contributed by atoms with van der Waals surface area (Å²) in [5.41, 5.74) is 3.84. The standard InChI is InChI=1S/C22H24ClN3O/c1-3-4-10-21(27)25(2)15-18-16-26(20-8-6-5-7-9-20)24-22(18)17-11-13-19(23)14-12-17/h5-9,11-14,16H,3-4,10,15H2,1-2H3. The number of benzene rings is 2. The second kappa shape index (κ2) is 8.87. The minimum absolute atomic E-state index is 0.159. The van der Waals surface area contributed by atoms with Gasteiger partial charge in [-0.15, -0.1) is 0 Å². The summed E-state index contributed by atoms with van der Waals surface area (Å²) >= 11 is 6.04. The Morgan fingerprint density at radius 1 is 1.11 bits per heavy atom. The number of rotatable bonds is 7. The van der Waals surface area contributed by atoms with Gasteiger partial charge in [0.1, 0.15) is 0 Å². The highest BCUT2D eigenvalue weighted by Crippen LogP contribution is 2.26. The van der Waals surface area contributed by atoms with Crippen LogP contribution in [-0.4, -0.2) is 27.6 Å². The Kier molecular flexibility index (Phi) is 6.30. The Bertz CT molecular complexity index is 888. The molecule has 0 atom stereocenters. The molecule has 140 valence electrons. The van der Waals surface area contributed by atoms with Crippen molar-refractivity contribution in [2.24, 2.45) is 0 Å². The normalized spacial score (nSPS) is 10.8. The molecule has 1 amide bonds. The molecule has 1 heterocycles. The number of carbonyl (C=O) groups is 1. The van der Waals surface area contributed by atoms with E-state index in [1.807, 2.05) is 72.5 Å². The van der Waals surface area contributed by atoms with Crippen molar-refractivity contribution >= 4 is 17.5 Å². The van der Waals surface area contributed by atoms with Crippen molar-refractivity contribution in [3.8, 4) is 16.9 Å². The number of hydrogen-bond donors (Lipinski definition) is 0. The second-order valence-electron chi connectivity index (χ2n) is 6.64. The molecule has 4 nitrogen and oxygen atoms in total. The Labute approximate surface area is 165 Å². The largest absolute Gasteiger partial charge is 0.341 e. The molecule has 1 aromatic heterocycles. The zero-order chi connectivity index (χ0) is 19.2. The molecule has 0 bridgehead atoms. The van der Waals surface area contributed by atoms with E-state index >= 15 is 0 Å². The number of nitrogens with zero attached hydrogens (tertiary/aromatic N) is 3. The van der Waals surface area contributed by atoms with Gasteiger partial charge in [-0.2, -0.15) is 5.10 Å². The summed E-state index contributed by atoms with van der Waals surface area (Å²) in [5.74, 6) is 0.159. The highest BCUT2D eigenvalue weighted by molar-refractivity contribution is 6.30. The molecule has 0 saturated carbocycles. The summed E-state index contributed by atoms with van der Waals surface area (Å²) in [6.45, 7) is 2.61. The fourth-order valence-electron chi connectivity index (χ4n) is 2.95. The van der Waals surface area contributed by atoms with Crippen molar-refractivity contribution < 1.29 is 4.79 Å². The van der Waals surface area contributed by atoms with Crippen LogP contribution in [0.4, 0.5) is 0 Å². The van der Waals surface area contributed by atoms with Gasteiger partial charge in [-0.3, -0.25) is 4.79 Å². The molecule has 0 unspecified atom stereocenters. The lowest BCUT2D eigenvalue weighted by molar-refractivity contribution is -0.130. The minimum atomic E-state index is 0.159. The summed E-state index contributed by atoms with van der Waals surface area (Å²) in [7, 11) is 1.85. The summed E-state index contributed by atoms with van der Waals surface area (Å²) in [4.78, 5) is 14.1. The van der Waals surface area contributed by atoms with Crippen molar-refractivity contribution in [1.82, 2.24) is 14.7 Å². The van der Waals surface area contributed by atoms with E-state index in [1.165, 1.54) is 0 Å². The lowest BCUT2D eigenvalue weighted by atomic mass is 10.1. The van der Waals surface area contributed by atoms with Crippen LogP contribution in [0.25, 0.3) is 16.9 Å². The molecule has 3 aromatic rings. The summed E-state index contributed by atoms with van der Waals surface area (Å²) < 4.78 is 1.86. The van der Waals surface area contributed by atoms with Gasteiger partial charge in [-0.05, 0) is 30.7 Å². The second-order valence-corrected chi connectivity index (χ2v) is 7.08. The van der Waals surface area contributed by atoms with E-state index in [0.717, 1.165) is 35.3 Å². The maximum atomic E-state index is 12.4. The quantitative estimate of drug-likeness (QED) is 0.554. The van der Waals surface area contributed by atoms with Crippen LogP contribution >= 0.6 is 11.6 Å². The van der Waals surface area contributed by atoms with Crippen molar-refractivity contribution in [2.45, 2.75) is 32.7 Å². The van der Waals surface area contributed by atoms with Crippen LogP contribution in [0.5, 0.6) is 0 Å². The Balaban J connectivity index is 1.94. The molecule has 5 heteroatoms. The molecular weight excluding hydrogens is 358 g/mol. The third-order valence-electron chi connectivity index (χ3n) is 4.51. The van der Waals surface area contributed by atoms with Crippen molar-refractivity contribution in [3.05, 3.63) is 71.4 Å². The SMILES string of the molecule is CCCCC(=O)N(C)Cc1cn(-c2ccccc2)nc1-c1ccc(Cl)cc1. The Hall–Kier alpha value is -2.59.